The van der Waals surface area contributed by atoms with Crippen LogP contribution < -0.4 is 5.32 Å². The van der Waals surface area contributed by atoms with Crippen molar-refractivity contribution in [3.8, 4) is 0 Å². The van der Waals surface area contributed by atoms with Gasteiger partial charge in [-0.15, -0.1) is 11.3 Å². The van der Waals surface area contributed by atoms with Crippen LogP contribution in [0.25, 0.3) is 0 Å². The second-order valence-electron chi connectivity index (χ2n) is 4.73. The number of hydrogen-bond donors (Lipinski definition) is 1. The summed E-state index contributed by atoms with van der Waals surface area (Å²) in [7, 11) is 0. The molecule has 0 spiro atoms. The Morgan fingerprint density at radius 3 is 2.68 bits per heavy atom. The predicted octanol–water partition coefficient (Wildman–Crippen LogP) is 4.99. The molecule has 0 bridgehead atoms. The third-order valence-electron chi connectivity index (χ3n) is 3.30. The molecule has 0 amide bonds. The largest absolute Gasteiger partial charge is 0.310 e. The summed E-state index contributed by atoms with van der Waals surface area (Å²) in [4.78, 5) is 1.39. The summed E-state index contributed by atoms with van der Waals surface area (Å²) in [6, 6.07) is 10.7. The lowest BCUT2D eigenvalue weighted by molar-refractivity contribution is 0.529. The number of aryl methyl sites for hydroxylation is 1. The maximum atomic E-state index is 6.28. The molecular formula is C16H20ClNS. The number of nitrogens with one attached hydrogen (secondary N) is 1. The quantitative estimate of drug-likeness (QED) is 0.791. The average Bonchev–Trinajstić information content (AvgIpc) is 2.83. The van der Waals surface area contributed by atoms with Crippen molar-refractivity contribution in [1.82, 2.24) is 5.32 Å². The van der Waals surface area contributed by atoms with Gasteiger partial charge in [-0.1, -0.05) is 36.7 Å². The van der Waals surface area contributed by atoms with Gasteiger partial charge in [0.1, 0.15) is 0 Å². The smallest absolute Gasteiger partial charge is 0.0438 e. The van der Waals surface area contributed by atoms with Gasteiger partial charge in [0.2, 0.25) is 0 Å². The Kier molecular flexibility index (Phi) is 5.44. The Hall–Kier alpha value is -0.830. The summed E-state index contributed by atoms with van der Waals surface area (Å²) in [6.45, 7) is 5.41. The van der Waals surface area contributed by atoms with Gasteiger partial charge in [-0.3, -0.25) is 0 Å². The maximum Gasteiger partial charge on any atom is 0.0438 e. The van der Waals surface area contributed by atoms with Crippen LogP contribution in [0.15, 0.2) is 35.7 Å². The van der Waals surface area contributed by atoms with Gasteiger partial charge in [-0.2, -0.15) is 0 Å². The van der Waals surface area contributed by atoms with Crippen molar-refractivity contribution in [2.75, 3.05) is 6.54 Å². The number of rotatable bonds is 6. The fraction of sp³-hybridized carbons (Fsp3) is 0.375. The molecule has 1 aromatic heterocycles. The predicted molar refractivity (Wildman–Crippen MR) is 85.2 cm³/mol. The first-order valence-corrected chi connectivity index (χ1v) is 7.99. The normalized spacial score (nSPS) is 12.6. The minimum atomic E-state index is 0.353. The van der Waals surface area contributed by atoms with E-state index in [-0.39, 0.29) is 0 Å². The van der Waals surface area contributed by atoms with Gasteiger partial charge in [-0.25, -0.2) is 0 Å². The second-order valence-corrected chi connectivity index (χ2v) is 6.26. The van der Waals surface area contributed by atoms with E-state index in [1.54, 1.807) is 0 Å². The van der Waals surface area contributed by atoms with Crippen LogP contribution in [0.4, 0.5) is 0 Å². The van der Waals surface area contributed by atoms with E-state index in [4.69, 9.17) is 11.6 Å². The SMILES string of the molecule is CCCNC(Cc1ccccc1Cl)c1ccsc1C. The first-order chi connectivity index (χ1) is 9.22. The Labute approximate surface area is 124 Å². The Morgan fingerprint density at radius 1 is 1.26 bits per heavy atom. The number of halogens is 1. The molecule has 0 fully saturated rings. The molecule has 1 N–H and O–H groups in total. The molecule has 0 saturated carbocycles. The standard InChI is InChI=1S/C16H20ClNS/c1-3-9-18-16(14-8-10-19-12(14)2)11-13-6-4-5-7-15(13)17/h4-8,10,16,18H,3,9,11H2,1-2H3. The highest BCUT2D eigenvalue weighted by atomic mass is 35.5. The highest BCUT2D eigenvalue weighted by Gasteiger charge is 2.15. The van der Waals surface area contributed by atoms with Crippen LogP contribution in [0.5, 0.6) is 0 Å². The maximum absolute atomic E-state index is 6.28. The van der Waals surface area contributed by atoms with Crippen LogP contribution in [0.2, 0.25) is 5.02 Å². The van der Waals surface area contributed by atoms with Crippen LogP contribution in [0.1, 0.15) is 35.4 Å². The number of benzene rings is 1. The molecule has 0 aliphatic heterocycles. The zero-order chi connectivity index (χ0) is 13.7. The molecule has 1 unspecified atom stereocenters. The molecule has 3 heteroatoms. The van der Waals surface area contributed by atoms with Crippen molar-refractivity contribution in [3.05, 3.63) is 56.7 Å². The summed E-state index contributed by atoms with van der Waals surface area (Å²) >= 11 is 8.09. The first kappa shape index (κ1) is 14.6. The molecule has 1 aromatic carbocycles. The van der Waals surface area contributed by atoms with Crippen LogP contribution in [0, 0.1) is 6.92 Å². The van der Waals surface area contributed by atoms with Gasteiger partial charge in [0.15, 0.2) is 0 Å². The minimum Gasteiger partial charge on any atom is -0.310 e. The lowest BCUT2D eigenvalue weighted by atomic mass is 9.99. The third-order valence-corrected chi connectivity index (χ3v) is 4.53. The number of thiophene rings is 1. The van der Waals surface area contributed by atoms with Crippen LogP contribution in [0.3, 0.4) is 0 Å². The molecular weight excluding hydrogens is 274 g/mol. The summed E-state index contributed by atoms with van der Waals surface area (Å²) in [5.74, 6) is 0. The summed E-state index contributed by atoms with van der Waals surface area (Å²) in [5, 5.41) is 6.66. The van der Waals surface area contributed by atoms with E-state index in [0.29, 0.717) is 6.04 Å². The average molecular weight is 294 g/mol. The third kappa shape index (κ3) is 3.82. The first-order valence-electron chi connectivity index (χ1n) is 6.73. The summed E-state index contributed by atoms with van der Waals surface area (Å²) in [6.07, 6.45) is 2.08. The van der Waals surface area contributed by atoms with Crippen molar-refractivity contribution in [1.29, 1.82) is 0 Å². The molecule has 2 aromatic rings. The van der Waals surface area contributed by atoms with Gasteiger partial charge in [0.05, 0.1) is 0 Å². The van der Waals surface area contributed by atoms with Gasteiger partial charge >= 0.3 is 0 Å². The lowest BCUT2D eigenvalue weighted by Gasteiger charge is -2.19. The lowest BCUT2D eigenvalue weighted by Crippen LogP contribution is -2.24. The van der Waals surface area contributed by atoms with Crippen LogP contribution in [-0.4, -0.2) is 6.54 Å². The molecule has 1 atom stereocenters. The molecule has 1 heterocycles. The molecule has 0 radical (unpaired) electrons. The minimum absolute atomic E-state index is 0.353. The highest BCUT2D eigenvalue weighted by molar-refractivity contribution is 7.10. The van der Waals surface area contributed by atoms with Crippen molar-refractivity contribution in [3.63, 3.8) is 0 Å². The highest BCUT2D eigenvalue weighted by Crippen LogP contribution is 2.28. The molecule has 2 rings (SSSR count). The Morgan fingerprint density at radius 2 is 2.05 bits per heavy atom. The molecule has 0 aliphatic carbocycles. The topological polar surface area (TPSA) is 12.0 Å². The van der Waals surface area contributed by atoms with Crippen molar-refractivity contribution >= 4 is 22.9 Å². The second kappa shape index (κ2) is 7.09. The van der Waals surface area contributed by atoms with E-state index < -0.39 is 0 Å². The summed E-state index contributed by atoms with van der Waals surface area (Å²) < 4.78 is 0. The van der Waals surface area contributed by atoms with E-state index in [1.807, 2.05) is 23.5 Å². The van der Waals surface area contributed by atoms with Gasteiger partial charge in [-0.05, 0) is 54.9 Å². The van der Waals surface area contributed by atoms with E-state index >= 15 is 0 Å². The molecule has 102 valence electrons. The number of hydrogen-bond acceptors (Lipinski definition) is 2. The Bertz CT molecular complexity index is 521. The van der Waals surface area contributed by atoms with Gasteiger partial charge in [0.25, 0.3) is 0 Å². The fourth-order valence-electron chi connectivity index (χ4n) is 2.25. The molecule has 0 aliphatic rings. The van der Waals surface area contributed by atoms with E-state index in [1.165, 1.54) is 16.0 Å². The van der Waals surface area contributed by atoms with Crippen molar-refractivity contribution in [2.45, 2.75) is 32.7 Å². The van der Waals surface area contributed by atoms with Crippen LogP contribution in [-0.2, 0) is 6.42 Å². The van der Waals surface area contributed by atoms with E-state index in [9.17, 15) is 0 Å². The Balaban J connectivity index is 2.19. The van der Waals surface area contributed by atoms with Gasteiger partial charge < -0.3 is 5.32 Å². The molecule has 0 saturated heterocycles. The zero-order valence-electron chi connectivity index (χ0n) is 11.4. The zero-order valence-corrected chi connectivity index (χ0v) is 13.0. The van der Waals surface area contributed by atoms with E-state index in [0.717, 1.165) is 24.4 Å². The molecule has 1 nitrogen and oxygen atoms in total. The fourth-order valence-corrected chi connectivity index (χ4v) is 3.23. The monoisotopic (exact) mass is 293 g/mol. The van der Waals surface area contributed by atoms with Gasteiger partial charge in [0, 0.05) is 15.9 Å². The van der Waals surface area contributed by atoms with Crippen LogP contribution >= 0.6 is 22.9 Å². The molecule has 19 heavy (non-hydrogen) atoms. The van der Waals surface area contributed by atoms with Crippen molar-refractivity contribution in [2.24, 2.45) is 0 Å². The summed E-state index contributed by atoms with van der Waals surface area (Å²) in [5.41, 5.74) is 2.61. The van der Waals surface area contributed by atoms with Crippen molar-refractivity contribution < 1.29 is 0 Å². The van der Waals surface area contributed by atoms with E-state index in [2.05, 4.69) is 42.7 Å².